The minimum atomic E-state index is -4.35. The summed E-state index contributed by atoms with van der Waals surface area (Å²) in [6, 6.07) is 5.77. The number of hydrogen-bond donors (Lipinski definition) is 0. The Morgan fingerprint density at radius 2 is 2.10 bits per heavy atom. The van der Waals surface area contributed by atoms with Crippen molar-refractivity contribution in [3.63, 3.8) is 0 Å². The summed E-state index contributed by atoms with van der Waals surface area (Å²) in [6.07, 6.45) is -1.89. The monoisotopic (exact) mass is 296 g/mol. The van der Waals surface area contributed by atoms with E-state index in [4.69, 9.17) is 4.74 Å². The summed E-state index contributed by atoms with van der Waals surface area (Å²) in [5.41, 5.74) is 0.559. The van der Waals surface area contributed by atoms with Crippen LogP contribution in [0.2, 0.25) is 0 Å². The highest BCUT2D eigenvalue weighted by Crippen LogP contribution is 2.34. The molecule has 0 amide bonds. The maximum absolute atomic E-state index is 12.8. The second kappa shape index (κ2) is 5.18. The first kappa shape index (κ1) is 14.1. The first-order chi connectivity index (χ1) is 9.97. The van der Waals surface area contributed by atoms with Gasteiger partial charge in [-0.25, -0.2) is 0 Å². The normalized spacial score (nSPS) is 19.1. The molecule has 0 radical (unpaired) electrons. The van der Waals surface area contributed by atoms with Crippen molar-refractivity contribution in [3.05, 3.63) is 36.0 Å². The Labute approximate surface area is 120 Å². The highest BCUT2D eigenvalue weighted by molar-refractivity contribution is 5.92. The van der Waals surface area contributed by atoms with E-state index in [1.165, 1.54) is 6.07 Å². The highest BCUT2D eigenvalue weighted by Gasteiger charge is 2.31. The number of hydrogen-bond acceptors (Lipinski definition) is 3. The molecule has 3 nitrogen and oxygen atoms in total. The molecule has 6 heteroatoms. The molecule has 1 aromatic carbocycles. The molecule has 3 rings (SSSR count). The first-order valence-corrected chi connectivity index (χ1v) is 6.73. The molecule has 0 spiro atoms. The zero-order chi connectivity index (χ0) is 15.0. The lowest BCUT2D eigenvalue weighted by atomic mass is 10.1. The van der Waals surface area contributed by atoms with E-state index >= 15 is 0 Å². The molecule has 2 heterocycles. The molecular formula is C15H15F3N2O. The molecule has 1 aliphatic heterocycles. The predicted molar refractivity (Wildman–Crippen MR) is 74.4 cm³/mol. The summed E-state index contributed by atoms with van der Waals surface area (Å²) in [6.45, 7) is 1.36. The van der Waals surface area contributed by atoms with Crippen molar-refractivity contribution in [2.24, 2.45) is 0 Å². The van der Waals surface area contributed by atoms with Gasteiger partial charge in [0.1, 0.15) is 0 Å². The molecule has 1 aliphatic rings. The number of alkyl halides is 3. The van der Waals surface area contributed by atoms with Crippen LogP contribution in [0.5, 0.6) is 0 Å². The maximum Gasteiger partial charge on any atom is 0.416 e. The lowest BCUT2D eigenvalue weighted by molar-refractivity contribution is -0.137. The summed E-state index contributed by atoms with van der Waals surface area (Å²) in [7, 11) is 1.94. The molecule has 21 heavy (non-hydrogen) atoms. The molecule has 0 saturated carbocycles. The predicted octanol–water partition coefficient (Wildman–Crippen LogP) is 3.48. The van der Waals surface area contributed by atoms with Crippen molar-refractivity contribution in [2.75, 3.05) is 25.2 Å². The molecule has 0 N–H and O–H groups in total. The maximum atomic E-state index is 12.8. The van der Waals surface area contributed by atoms with Crippen molar-refractivity contribution >= 4 is 16.6 Å². The number of ether oxygens (including phenoxy) is 1. The van der Waals surface area contributed by atoms with Crippen molar-refractivity contribution in [3.8, 4) is 0 Å². The zero-order valence-corrected chi connectivity index (χ0v) is 11.5. The molecule has 0 bridgehead atoms. The Morgan fingerprint density at radius 1 is 1.29 bits per heavy atom. The van der Waals surface area contributed by atoms with Gasteiger partial charge < -0.3 is 9.64 Å². The second-order valence-electron chi connectivity index (χ2n) is 5.19. The van der Waals surface area contributed by atoms with E-state index in [-0.39, 0.29) is 6.04 Å². The zero-order valence-electron chi connectivity index (χ0n) is 11.5. The molecular weight excluding hydrogens is 281 g/mol. The number of halogens is 3. The highest BCUT2D eigenvalue weighted by atomic mass is 19.4. The fourth-order valence-corrected chi connectivity index (χ4v) is 2.64. The second-order valence-corrected chi connectivity index (χ2v) is 5.19. The van der Waals surface area contributed by atoms with E-state index in [1.807, 2.05) is 13.1 Å². The summed E-state index contributed by atoms with van der Waals surface area (Å²) in [5.74, 6) is 0. The number of rotatable bonds is 2. The molecule has 112 valence electrons. The van der Waals surface area contributed by atoms with Crippen molar-refractivity contribution < 1.29 is 17.9 Å². The van der Waals surface area contributed by atoms with E-state index in [0.717, 1.165) is 36.2 Å². The molecule has 2 aromatic rings. The summed E-state index contributed by atoms with van der Waals surface area (Å²) < 4.78 is 43.7. The minimum Gasteiger partial charge on any atom is -0.379 e. The van der Waals surface area contributed by atoms with Crippen LogP contribution in [0.3, 0.4) is 0 Å². The first-order valence-electron chi connectivity index (χ1n) is 6.73. The van der Waals surface area contributed by atoms with Gasteiger partial charge in [-0.05, 0) is 24.6 Å². The lowest BCUT2D eigenvalue weighted by Gasteiger charge is -2.26. The Hall–Kier alpha value is -1.82. The number of pyridine rings is 1. The average molecular weight is 296 g/mol. The van der Waals surface area contributed by atoms with Crippen LogP contribution in [0, 0.1) is 0 Å². The Balaban J connectivity index is 2.04. The van der Waals surface area contributed by atoms with Crippen LogP contribution in [0.4, 0.5) is 18.9 Å². The quantitative estimate of drug-likeness (QED) is 0.848. The van der Waals surface area contributed by atoms with Gasteiger partial charge in [-0.2, -0.15) is 13.2 Å². The smallest absolute Gasteiger partial charge is 0.379 e. The third-order valence-electron chi connectivity index (χ3n) is 3.88. The Kier molecular flexibility index (Phi) is 3.49. The Morgan fingerprint density at radius 3 is 2.76 bits per heavy atom. The van der Waals surface area contributed by atoms with Gasteiger partial charge in [-0.3, -0.25) is 4.98 Å². The van der Waals surface area contributed by atoms with Gasteiger partial charge in [0.2, 0.25) is 0 Å². The van der Waals surface area contributed by atoms with Gasteiger partial charge in [0.25, 0.3) is 0 Å². The number of nitrogens with zero attached hydrogens (tertiary/aromatic N) is 2. The number of benzene rings is 1. The fraction of sp³-hybridized carbons (Fsp3) is 0.400. The third kappa shape index (κ3) is 2.68. The Bertz CT molecular complexity index is 651. The van der Waals surface area contributed by atoms with E-state index in [1.54, 1.807) is 6.20 Å². The van der Waals surface area contributed by atoms with Gasteiger partial charge in [0.05, 0.1) is 23.7 Å². The SMILES string of the molecule is CN(c1ccnc2cc(C(F)(F)F)ccc12)C1CCOC1. The summed E-state index contributed by atoms with van der Waals surface area (Å²) in [4.78, 5) is 6.13. The third-order valence-corrected chi connectivity index (χ3v) is 3.88. The van der Waals surface area contributed by atoms with Crippen molar-refractivity contribution in [2.45, 2.75) is 18.6 Å². The fourth-order valence-electron chi connectivity index (χ4n) is 2.64. The van der Waals surface area contributed by atoms with Crippen LogP contribution < -0.4 is 4.90 Å². The van der Waals surface area contributed by atoms with Gasteiger partial charge in [0.15, 0.2) is 0 Å². The van der Waals surface area contributed by atoms with Crippen molar-refractivity contribution in [1.29, 1.82) is 0 Å². The van der Waals surface area contributed by atoms with Gasteiger partial charge in [-0.15, -0.1) is 0 Å². The van der Waals surface area contributed by atoms with E-state index in [0.29, 0.717) is 12.1 Å². The number of anilines is 1. The molecule has 1 unspecified atom stereocenters. The van der Waals surface area contributed by atoms with Crippen LogP contribution >= 0.6 is 0 Å². The molecule has 1 atom stereocenters. The molecule has 1 fully saturated rings. The van der Waals surface area contributed by atoms with E-state index < -0.39 is 11.7 Å². The van der Waals surface area contributed by atoms with Gasteiger partial charge in [0, 0.05) is 30.9 Å². The summed E-state index contributed by atoms with van der Waals surface area (Å²) in [5, 5.41) is 0.722. The lowest BCUT2D eigenvalue weighted by Crippen LogP contribution is -2.31. The van der Waals surface area contributed by atoms with E-state index in [2.05, 4.69) is 9.88 Å². The average Bonchev–Trinajstić information content (AvgIpc) is 2.98. The standard InChI is InChI=1S/C15H15F3N2O/c1-20(11-5-7-21-9-11)14-4-6-19-13-8-10(15(16,17)18)2-3-12(13)14/h2-4,6,8,11H,5,7,9H2,1H3. The van der Waals surface area contributed by atoms with Crippen molar-refractivity contribution in [1.82, 2.24) is 4.98 Å². The topological polar surface area (TPSA) is 25.4 Å². The van der Waals surface area contributed by atoms with E-state index in [9.17, 15) is 13.2 Å². The number of likely N-dealkylation sites (N-methyl/N-ethyl adjacent to an activating group) is 1. The van der Waals surface area contributed by atoms with Crippen LogP contribution in [0.25, 0.3) is 10.9 Å². The minimum absolute atomic E-state index is 0.248. The number of aromatic nitrogens is 1. The van der Waals surface area contributed by atoms with Crippen LogP contribution in [0.1, 0.15) is 12.0 Å². The largest absolute Gasteiger partial charge is 0.416 e. The van der Waals surface area contributed by atoms with Gasteiger partial charge in [-0.1, -0.05) is 6.07 Å². The van der Waals surface area contributed by atoms with Crippen LogP contribution in [0.15, 0.2) is 30.5 Å². The van der Waals surface area contributed by atoms with Crippen LogP contribution in [-0.2, 0) is 10.9 Å². The van der Waals surface area contributed by atoms with Gasteiger partial charge >= 0.3 is 6.18 Å². The molecule has 0 aliphatic carbocycles. The van der Waals surface area contributed by atoms with Crippen LogP contribution in [-0.4, -0.2) is 31.3 Å². The molecule has 1 saturated heterocycles. The summed E-state index contributed by atoms with van der Waals surface area (Å²) >= 11 is 0. The number of fused-ring (bicyclic) bond motifs is 1. The molecule has 1 aromatic heterocycles.